The first kappa shape index (κ1) is 15.5. The molecular formula is C15H14Cl2N4S. The molecule has 0 aliphatic rings. The van der Waals surface area contributed by atoms with Gasteiger partial charge in [0.25, 0.3) is 0 Å². The molecule has 0 bridgehead atoms. The molecule has 114 valence electrons. The molecule has 0 N–H and O–H groups in total. The van der Waals surface area contributed by atoms with Gasteiger partial charge in [-0.2, -0.15) is 5.10 Å². The molecule has 1 aromatic carbocycles. The first-order valence-corrected chi connectivity index (χ1v) is 8.72. The van der Waals surface area contributed by atoms with Gasteiger partial charge in [-0.25, -0.2) is 4.98 Å². The van der Waals surface area contributed by atoms with Crippen molar-refractivity contribution in [2.45, 2.75) is 18.5 Å². The van der Waals surface area contributed by atoms with Gasteiger partial charge in [-0.05, 0) is 25.3 Å². The molecule has 0 saturated heterocycles. The maximum absolute atomic E-state index is 6.16. The standard InChI is InChI=1S/C15H14Cl2N4S/c1-3-21-15(22-2)14(20-7-6-18-9-20)13(19-21)10-4-5-11(16)12(17)8-10/h4-9H,3H2,1-2H3. The summed E-state index contributed by atoms with van der Waals surface area (Å²) >= 11 is 13.8. The van der Waals surface area contributed by atoms with E-state index in [1.165, 1.54) is 0 Å². The summed E-state index contributed by atoms with van der Waals surface area (Å²) in [5, 5.41) is 6.88. The summed E-state index contributed by atoms with van der Waals surface area (Å²) in [5.41, 5.74) is 2.80. The number of benzene rings is 1. The average molecular weight is 353 g/mol. The fourth-order valence-corrected chi connectivity index (χ4v) is 3.39. The second-order valence-electron chi connectivity index (χ2n) is 4.62. The van der Waals surface area contributed by atoms with Crippen molar-refractivity contribution in [2.24, 2.45) is 0 Å². The summed E-state index contributed by atoms with van der Waals surface area (Å²) in [6.07, 6.45) is 7.49. The SMILES string of the molecule is CCn1nc(-c2ccc(Cl)c(Cl)c2)c(-n2ccnc2)c1SC. The van der Waals surface area contributed by atoms with E-state index >= 15 is 0 Å². The summed E-state index contributed by atoms with van der Waals surface area (Å²) in [4.78, 5) is 4.14. The second-order valence-corrected chi connectivity index (χ2v) is 6.23. The van der Waals surface area contributed by atoms with Crippen molar-refractivity contribution in [3.8, 4) is 16.9 Å². The minimum Gasteiger partial charge on any atom is -0.302 e. The molecule has 3 rings (SSSR count). The van der Waals surface area contributed by atoms with E-state index in [9.17, 15) is 0 Å². The van der Waals surface area contributed by atoms with Crippen LogP contribution in [-0.2, 0) is 6.54 Å². The Hall–Kier alpha value is -1.43. The molecule has 7 heteroatoms. The zero-order chi connectivity index (χ0) is 15.7. The highest BCUT2D eigenvalue weighted by molar-refractivity contribution is 7.98. The summed E-state index contributed by atoms with van der Waals surface area (Å²) in [7, 11) is 0. The first-order chi connectivity index (χ1) is 10.7. The number of halogens is 2. The van der Waals surface area contributed by atoms with Crippen molar-refractivity contribution in [1.29, 1.82) is 0 Å². The molecule has 0 amide bonds. The fraction of sp³-hybridized carbons (Fsp3) is 0.200. The van der Waals surface area contributed by atoms with Crippen LogP contribution in [0.4, 0.5) is 0 Å². The van der Waals surface area contributed by atoms with Crippen LogP contribution in [0.5, 0.6) is 0 Å². The minimum atomic E-state index is 0.521. The Labute approximate surface area is 143 Å². The number of aryl methyl sites for hydroxylation is 1. The van der Waals surface area contributed by atoms with Crippen LogP contribution in [0.1, 0.15) is 6.92 Å². The van der Waals surface area contributed by atoms with Crippen LogP contribution in [0.2, 0.25) is 10.0 Å². The van der Waals surface area contributed by atoms with Gasteiger partial charge in [0, 0.05) is 24.5 Å². The van der Waals surface area contributed by atoms with Crippen LogP contribution in [0.15, 0.2) is 41.9 Å². The van der Waals surface area contributed by atoms with E-state index in [2.05, 4.69) is 11.9 Å². The summed E-state index contributed by atoms with van der Waals surface area (Å²) < 4.78 is 3.96. The molecule has 0 fully saturated rings. The number of aromatic nitrogens is 4. The highest BCUT2D eigenvalue weighted by Gasteiger charge is 2.20. The Bertz CT molecular complexity index is 796. The monoisotopic (exact) mass is 352 g/mol. The highest BCUT2D eigenvalue weighted by atomic mass is 35.5. The maximum atomic E-state index is 6.16. The van der Waals surface area contributed by atoms with Gasteiger partial charge in [-0.1, -0.05) is 29.3 Å². The molecule has 4 nitrogen and oxygen atoms in total. The van der Waals surface area contributed by atoms with Crippen molar-refractivity contribution in [1.82, 2.24) is 19.3 Å². The number of hydrogen-bond donors (Lipinski definition) is 0. The Morgan fingerprint density at radius 2 is 2.05 bits per heavy atom. The van der Waals surface area contributed by atoms with Gasteiger partial charge in [0.1, 0.15) is 16.4 Å². The molecule has 0 saturated carbocycles. The van der Waals surface area contributed by atoms with E-state index in [4.69, 9.17) is 28.3 Å². The summed E-state index contributed by atoms with van der Waals surface area (Å²) in [5.74, 6) is 0. The molecule has 2 aromatic heterocycles. The third kappa shape index (κ3) is 2.64. The molecular weight excluding hydrogens is 339 g/mol. The van der Waals surface area contributed by atoms with Crippen molar-refractivity contribution >= 4 is 35.0 Å². The third-order valence-electron chi connectivity index (χ3n) is 3.33. The fourth-order valence-electron chi connectivity index (χ4n) is 2.32. The van der Waals surface area contributed by atoms with Crippen molar-refractivity contribution in [3.05, 3.63) is 47.0 Å². The molecule has 0 radical (unpaired) electrons. The lowest BCUT2D eigenvalue weighted by atomic mass is 10.1. The van der Waals surface area contributed by atoms with Crippen LogP contribution in [0.3, 0.4) is 0 Å². The second kappa shape index (κ2) is 6.36. The van der Waals surface area contributed by atoms with Crippen LogP contribution in [-0.4, -0.2) is 25.6 Å². The highest BCUT2D eigenvalue weighted by Crippen LogP contribution is 2.36. The van der Waals surface area contributed by atoms with Crippen molar-refractivity contribution < 1.29 is 0 Å². The molecule has 22 heavy (non-hydrogen) atoms. The zero-order valence-corrected chi connectivity index (χ0v) is 14.5. The van der Waals surface area contributed by atoms with Gasteiger partial charge < -0.3 is 4.57 Å². The van der Waals surface area contributed by atoms with Crippen LogP contribution in [0, 0.1) is 0 Å². The Morgan fingerprint density at radius 3 is 2.64 bits per heavy atom. The summed E-state index contributed by atoms with van der Waals surface area (Å²) in [6.45, 7) is 2.86. The normalized spacial score (nSPS) is 11.1. The van der Waals surface area contributed by atoms with E-state index in [0.717, 1.165) is 28.5 Å². The number of nitrogens with zero attached hydrogens (tertiary/aromatic N) is 4. The number of imidazole rings is 1. The van der Waals surface area contributed by atoms with Crippen molar-refractivity contribution in [3.63, 3.8) is 0 Å². The van der Waals surface area contributed by atoms with E-state index in [1.807, 2.05) is 33.8 Å². The summed E-state index contributed by atoms with van der Waals surface area (Å²) in [6, 6.07) is 5.57. The minimum absolute atomic E-state index is 0.521. The molecule has 3 aromatic rings. The topological polar surface area (TPSA) is 35.6 Å². The molecule has 2 heterocycles. The van der Waals surface area contributed by atoms with Gasteiger partial charge in [-0.3, -0.25) is 4.68 Å². The lowest BCUT2D eigenvalue weighted by Gasteiger charge is -2.07. The molecule has 0 aliphatic heterocycles. The predicted molar refractivity (Wildman–Crippen MR) is 92.3 cm³/mol. The van der Waals surface area contributed by atoms with Crippen molar-refractivity contribution in [2.75, 3.05) is 6.26 Å². The largest absolute Gasteiger partial charge is 0.302 e. The van der Waals surface area contributed by atoms with Crippen LogP contribution >= 0.6 is 35.0 Å². The first-order valence-electron chi connectivity index (χ1n) is 6.74. The zero-order valence-electron chi connectivity index (χ0n) is 12.1. The number of hydrogen-bond acceptors (Lipinski definition) is 3. The predicted octanol–water partition coefficient (Wildman–Crippen LogP) is 4.78. The van der Waals surface area contributed by atoms with Crippen LogP contribution < -0.4 is 0 Å². The van der Waals surface area contributed by atoms with Gasteiger partial charge in [0.15, 0.2) is 0 Å². The Morgan fingerprint density at radius 1 is 1.23 bits per heavy atom. The quantitative estimate of drug-likeness (QED) is 0.633. The Kier molecular flexibility index (Phi) is 4.47. The molecule has 0 atom stereocenters. The van der Waals surface area contributed by atoms with Gasteiger partial charge in [-0.15, -0.1) is 11.8 Å². The smallest absolute Gasteiger partial charge is 0.119 e. The van der Waals surface area contributed by atoms with Crippen LogP contribution in [0.25, 0.3) is 16.9 Å². The van der Waals surface area contributed by atoms with E-state index in [0.29, 0.717) is 10.0 Å². The number of thioether (sulfide) groups is 1. The lowest BCUT2D eigenvalue weighted by molar-refractivity contribution is 0.605. The molecule has 0 unspecified atom stereocenters. The van der Waals surface area contributed by atoms with E-state index in [-0.39, 0.29) is 0 Å². The van der Waals surface area contributed by atoms with Gasteiger partial charge in [0.2, 0.25) is 0 Å². The maximum Gasteiger partial charge on any atom is 0.119 e. The molecule has 0 aliphatic carbocycles. The Balaban J connectivity index is 2.26. The van der Waals surface area contributed by atoms with E-state index < -0.39 is 0 Å². The van der Waals surface area contributed by atoms with Gasteiger partial charge >= 0.3 is 0 Å². The van der Waals surface area contributed by atoms with E-state index in [1.54, 1.807) is 30.4 Å². The average Bonchev–Trinajstić information content (AvgIpc) is 3.15. The third-order valence-corrected chi connectivity index (χ3v) is 4.86. The van der Waals surface area contributed by atoms with Gasteiger partial charge in [0.05, 0.1) is 16.4 Å². The molecule has 0 spiro atoms. The lowest BCUT2D eigenvalue weighted by Crippen LogP contribution is -1.99. The number of rotatable bonds is 4.